The van der Waals surface area contributed by atoms with Crippen LogP contribution in [0.5, 0.6) is 0 Å². The largest absolute Gasteiger partial charge is 0.369 e. The summed E-state index contributed by atoms with van der Waals surface area (Å²) in [6.45, 7) is 1.39. The van der Waals surface area contributed by atoms with Crippen molar-refractivity contribution in [1.82, 2.24) is 14.9 Å². The van der Waals surface area contributed by atoms with Crippen LogP contribution in [0.1, 0.15) is 12.8 Å². The van der Waals surface area contributed by atoms with Gasteiger partial charge in [0.25, 0.3) is 0 Å². The van der Waals surface area contributed by atoms with Crippen molar-refractivity contribution < 1.29 is 9.59 Å². The summed E-state index contributed by atoms with van der Waals surface area (Å²) in [4.78, 5) is 35.9. The monoisotopic (exact) mass is 327 g/mol. The van der Waals surface area contributed by atoms with Gasteiger partial charge < -0.3 is 15.5 Å². The quantitative estimate of drug-likeness (QED) is 0.896. The Balaban J connectivity index is 1.67. The summed E-state index contributed by atoms with van der Waals surface area (Å²) in [7, 11) is 1.85. The number of hydrogen-bond acceptors (Lipinski definition) is 5. The Labute approximate surface area is 140 Å². The van der Waals surface area contributed by atoms with Crippen molar-refractivity contribution in [3.05, 3.63) is 30.6 Å². The lowest BCUT2D eigenvalue weighted by atomic mass is 9.96. The number of benzene rings is 1. The third-order valence-corrected chi connectivity index (χ3v) is 4.51. The van der Waals surface area contributed by atoms with E-state index in [2.05, 4.69) is 9.97 Å². The average molecular weight is 327 g/mol. The molecule has 0 aliphatic carbocycles. The molecule has 7 heteroatoms. The smallest absolute Gasteiger partial charge is 0.242 e. The number of piperidine rings is 1. The van der Waals surface area contributed by atoms with Gasteiger partial charge >= 0.3 is 0 Å². The Bertz CT molecular complexity index is 750. The second kappa shape index (κ2) is 6.82. The third kappa shape index (κ3) is 3.29. The molecular weight excluding hydrogens is 306 g/mol. The van der Waals surface area contributed by atoms with Crippen LogP contribution < -0.4 is 10.6 Å². The van der Waals surface area contributed by atoms with Gasteiger partial charge in [0, 0.05) is 31.4 Å². The molecule has 1 aromatic heterocycles. The SMILES string of the molecule is CN(CC(=O)N1CCC(C(N)=O)CC1)c1ncnc2ccccc12. The number of primary amides is 1. The van der Waals surface area contributed by atoms with Gasteiger partial charge in [0.15, 0.2) is 0 Å². The van der Waals surface area contributed by atoms with E-state index in [4.69, 9.17) is 5.73 Å². The van der Waals surface area contributed by atoms with Gasteiger partial charge in [-0.3, -0.25) is 9.59 Å². The van der Waals surface area contributed by atoms with Crippen LogP contribution in [-0.4, -0.2) is 53.4 Å². The van der Waals surface area contributed by atoms with Crippen molar-refractivity contribution >= 4 is 28.5 Å². The van der Waals surface area contributed by atoms with Crippen LogP contribution in [0.25, 0.3) is 10.9 Å². The fourth-order valence-corrected chi connectivity index (χ4v) is 3.09. The second-order valence-electron chi connectivity index (χ2n) is 6.13. The fourth-order valence-electron chi connectivity index (χ4n) is 3.09. The van der Waals surface area contributed by atoms with E-state index in [-0.39, 0.29) is 24.3 Å². The number of nitrogens with two attached hydrogens (primary N) is 1. The summed E-state index contributed by atoms with van der Waals surface area (Å²) >= 11 is 0. The zero-order valence-electron chi connectivity index (χ0n) is 13.7. The third-order valence-electron chi connectivity index (χ3n) is 4.51. The van der Waals surface area contributed by atoms with Gasteiger partial charge in [0.1, 0.15) is 12.1 Å². The summed E-state index contributed by atoms with van der Waals surface area (Å²) in [6.07, 6.45) is 2.79. The van der Waals surface area contributed by atoms with Crippen LogP contribution in [0.3, 0.4) is 0 Å². The van der Waals surface area contributed by atoms with Gasteiger partial charge in [-0.25, -0.2) is 9.97 Å². The first kappa shape index (κ1) is 16.2. The molecule has 2 N–H and O–H groups in total. The normalized spacial score (nSPS) is 15.5. The van der Waals surface area contributed by atoms with Gasteiger partial charge in [-0.05, 0) is 25.0 Å². The highest BCUT2D eigenvalue weighted by molar-refractivity contribution is 5.91. The van der Waals surface area contributed by atoms with E-state index in [1.54, 1.807) is 4.90 Å². The Morgan fingerprint density at radius 2 is 1.96 bits per heavy atom. The molecule has 0 saturated carbocycles. The molecule has 126 valence electrons. The average Bonchev–Trinajstić information content (AvgIpc) is 2.61. The Hall–Kier alpha value is -2.70. The van der Waals surface area contributed by atoms with Crippen molar-refractivity contribution in [2.24, 2.45) is 11.7 Å². The number of carbonyl (C=O) groups excluding carboxylic acids is 2. The molecular formula is C17H21N5O2. The lowest BCUT2D eigenvalue weighted by Gasteiger charge is -2.32. The number of carbonyl (C=O) groups is 2. The zero-order chi connectivity index (χ0) is 17.1. The van der Waals surface area contributed by atoms with E-state index >= 15 is 0 Å². The molecule has 1 aliphatic rings. The molecule has 1 aliphatic heterocycles. The second-order valence-corrected chi connectivity index (χ2v) is 6.13. The summed E-state index contributed by atoms with van der Waals surface area (Å²) in [6, 6.07) is 7.72. The summed E-state index contributed by atoms with van der Waals surface area (Å²) in [5, 5.41) is 0.919. The van der Waals surface area contributed by atoms with E-state index in [0.29, 0.717) is 25.9 Å². The molecule has 0 spiro atoms. The summed E-state index contributed by atoms with van der Waals surface area (Å²) in [5.74, 6) is 0.383. The molecule has 0 bridgehead atoms. The number of likely N-dealkylation sites (tertiary alicyclic amines) is 1. The number of anilines is 1. The molecule has 0 atom stereocenters. The molecule has 3 rings (SSSR count). The maximum absolute atomic E-state index is 12.5. The maximum Gasteiger partial charge on any atom is 0.242 e. The molecule has 1 fully saturated rings. The van der Waals surface area contributed by atoms with Gasteiger partial charge in [0.2, 0.25) is 11.8 Å². The molecule has 7 nitrogen and oxygen atoms in total. The number of fused-ring (bicyclic) bond motifs is 1. The highest BCUT2D eigenvalue weighted by atomic mass is 16.2. The Morgan fingerprint density at radius 3 is 2.67 bits per heavy atom. The first-order valence-electron chi connectivity index (χ1n) is 8.04. The van der Waals surface area contributed by atoms with E-state index in [1.165, 1.54) is 6.33 Å². The van der Waals surface area contributed by atoms with E-state index in [1.807, 2.05) is 36.2 Å². The van der Waals surface area contributed by atoms with Crippen LogP contribution in [0.2, 0.25) is 0 Å². The van der Waals surface area contributed by atoms with Crippen molar-refractivity contribution in [2.75, 3.05) is 31.6 Å². The van der Waals surface area contributed by atoms with Crippen LogP contribution in [0.4, 0.5) is 5.82 Å². The van der Waals surface area contributed by atoms with Crippen molar-refractivity contribution in [1.29, 1.82) is 0 Å². The molecule has 1 saturated heterocycles. The Morgan fingerprint density at radius 1 is 1.25 bits per heavy atom. The molecule has 0 radical (unpaired) electrons. The highest BCUT2D eigenvalue weighted by Gasteiger charge is 2.26. The van der Waals surface area contributed by atoms with Crippen LogP contribution >= 0.6 is 0 Å². The number of nitrogens with zero attached hydrogens (tertiary/aromatic N) is 4. The standard InChI is InChI=1S/C17H21N5O2/c1-21(17-13-4-2-3-5-14(13)19-11-20-17)10-15(23)22-8-6-12(7-9-22)16(18)24/h2-5,11-12H,6-10H2,1H3,(H2,18,24). The summed E-state index contributed by atoms with van der Waals surface area (Å²) in [5.41, 5.74) is 6.18. The molecule has 1 aromatic carbocycles. The number of para-hydroxylation sites is 1. The number of rotatable bonds is 4. The topological polar surface area (TPSA) is 92.4 Å². The zero-order valence-corrected chi connectivity index (χ0v) is 13.7. The minimum Gasteiger partial charge on any atom is -0.369 e. The molecule has 2 amide bonds. The van der Waals surface area contributed by atoms with E-state index in [0.717, 1.165) is 16.7 Å². The molecule has 24 heavy (non-hydrogen) atoms. The number of hydrogen-bond donors (Lipinski definition) is 1. The van der Waals surface area contributed by atoms with Gasteiger partial charge in [-0.15, -0.1) is 0 Å². The number of aromatic nitrogens is 2. The van der Waals surface area contributed by atoms with Crippen LogP contribution in [0, 0.1) is 5.92 Å². The van der Waals surface area contributed by atoms with Gasteiger partial charge in [-0.2, -0.15) is 0 Å². The molecule has 2 heterocycles. The maximum atomic E-state index is 12.5. The number of amides is 2. The predicted octanol–water partition coefficient (Wildman–Crippen LogP) is 0.790. The first-order valence-corrected chi connectivity index (χ1v) is 8.04. The first-order chi connectivity index (χ1) is 11.6. The van der Waals surface area contributed by atoms with Crippen LogP contribution in [0.15, 0.2) is 30.6 Å². The van der Waals surface area contributed by atoms with Crippen LogP contribution in [-0.2, 0) is 9.59 Å². The summed E-state index contributed by atoms with van der Waals surface area (Å²) < 4.78 is 0. The lowest BCUT2D eigenvalue weighted by Crippen LogP contribution is -2.45. The predicted molar refractivity (Wildman–Crippen MR) is 91.3 cm³/mol. The van der Waals surface area contributed by atoms with Crippen molar-refractivity contribution in [3.8, 4) is 0 Å². The number of likely N-dealkylation sites (N-methyl/N-ethyl adjacent to an activating group) is 1. The molecule has 2 aromatic rings. The van der Waals surface area contributed by atoms with E-state index < -0.39 is 0 Å². The van der Waals surface area contributed by atoms with Gasteiger partial charge in [-0.1, -0.05) is 12.1 Å². The Kier molecular flexibility index (Phi) is 4.59. The fraction of sp³-hybridized carbons (Fsp3) is 0.412. The molecule has 0 unspecified atom stereocenters. The minimum atomic E-state index is -0.272. The van der Waals surface area contributed by atoms with E-state index in [9.17, 15) is 9.59 Å². The highest BCUT2D eigenvalue weighted by Crippen LogP contribution is 2.22. The van der Waals surface area contributed by atoms with Crippen molar-refractivity contribution in [3.63, 3.8) is 0 Å². The lowest BCUT2D eigenvalue weighted by molar-refractivity contribution is -0.133. The van der Waals surface area contributed by atoms with Crippen molar-refractivity contribution in [2.45, 2.75) is 12.8 Å². The minimum absolute atomic E-state index is 0.0307. The van der Waals surface area contributed by atoms with Gasteiger partial charge in [0.05, 0.1) is 12.1 Å².